The highest BCUT2D eigenvalue weighted by Gasteiger charge is 2.19. The van der Waals surface area contributed by atoms with Crippen LogP contribution < -0.4 is 14.8 Å². The van der Waals surface area contributed by atoms with E-state index in [0.29, 0.717) is 11.7 Å². The van der Waals surface area contributed by atoms with E-state index in [-0.39, 0.29) is 12.1 Å². The number of nitrogens with one attached hydrogen (secondary N) is 1. The summed E-state index contributed by atoms with van der Waals surface area (Å²) in [5.41, 5.74) is 3.60. The van der Waals surface area contributed by atoms with Crippen LogP contribution in [0.5, 0.6) is 11.5 Å². The highest BCUT2D eigenvalue weighted by Crippen LogP contribution is 2.33. The molecule has 1 saturated heterocycles. The van der Waals surface area contributed by atoms with Crippen LogP contribution in [0.4, 0.5) is 11.6 Å². The van der Waals surface area contributed by atoms with E-state index in [1.807, 2.05) is 42.9 Å². The molecule has 8 nitrogen and oxygen atoms in total. The van der Waals surface area contributed by atoms with E-state index in [9.17, 15) is 0 Å². The van der Waals surface area contributed by atoms with Crippen molar-refractivity contribution in [1.29, 1.82) is 0 Å². The molecule has 4 aromatic rings. The van der Waals surface area contributed by atoms with Gasteiger partial charge in [-0.15, -0.1) is 0 Å². The summed E-state index contributed by atoms with van der Waals surface area (Å²) in [6.07, 6.45) is 6.01. The Morgan fingerprint density at radius 3 is 2.67 bits per heavy atom. The monoisotopic (exact) mass is 446 g/mol. The number of anilines is 2. The third kappa shape index (κ3) is 4.30. The zero-order valence-electron chi connectivity index (χ0n) is 19.6. The second-order valence-corrected chi connectivity index (χ2v) is 8.92. The summed E-state index contributed by atoms with van der Waals surface area (Å²) in [6, 6.07) is 10.2. The highest BCUT2D eigenvalue weighted by atomic mass is 16.5. The molecule has 5 rings (SSSR count). The number of likely N-dealkylation sites (tertiary alicyclic amines) is 1. The topological polar surface area (TPSA) is 77.3 Å². The number of rotatable bonds is 6. The van der Waals surface area contributed by atoms with Crippen LogP contribution in [0, 0.1) is 0 Å². The molecule has 0 aliphatic carbocycles. The van der Waals surface area contributed by atoms with Gasteiger partial charge in [0.15, 0.2) is 0 Å². The number of imidazole rings is 1. The van der Waals surface area contributed by atoms with Crippen LogP contribution in [0.1, 0.15) is 32.7 Å². The predicted octanol–water partition coefficient (Wildman–Crippen LogP) is 4.79. The maximum Gasteiger partial charge on any atom is 0.227 e. The van der Waals surface area contributed by atoms with E-state index >= 15 is 0 Å². The average molecular weight is 447 g/mol. The second-order valence-electron chi connectivity index (χ2n) is 8.92. The maximum atomic E-state index is 6.21. The molecule has 1 N–H and O–H groups in total. The number of fused-ring (bicyclic) bond motifs is 3. The standard InChI is InChI=1S/C25H30N6O2/c1-16(2)31-15-27-21-7-5-17-14-26-25(29-23(17)24(21)31)28-20-8-6-19(13-22(20)32-4)33-18-9-11-30(3)12-10-18/h5-8,13-16,18H,9-12H2,1-4H3,(H,26,28,29). The summed E-state index contributed by atoms with van der Waals surface area (Å²) in [6.45, 7) is 6.40. The molecule has 8 heteroatoms. The zero-order valence-corrected chi connectivity index (χ0v) is 19.6. The van der Waals surface area contributed by atoms with Crippen molar-refractivity contribution in [2.75, 3.05) is 32.6 Å². The van der Waals surface area contributed by atoms with Crippen LogP contribution in [0.2, 0.25) is 0 Å². The van der Waals surface area contributed by atoms with Crippen LogP contribution in [0.3, 0.4) is 0 Å². The van der Waals surface area contributed by atoms with Crippen LogP contribution >= 0.6 is 0 Å². The van der Waals surface area contributed by atoms with Gasteiger partial charge in [-0.05, 0) is 58.0 Å². The number of benzene rings is 2. The molecule has 1 aliphatic heterocycles. The van der Waals surface area contributed by atoms with Crippen LogP contribution in [-0.4, -0.2) is 57.8 Å². The summed E-state index contributed by atoms with van der Waals surface area (Å²) < 4.78 is 14.0. The van der Waals surface area contributed by atoms with E-state index < -0.39 is 0 Å². The fourth-order valence-electron chi connectivity index (χ4n) is 4.33. The molecule has 172 valence electrons. The third-order valence-corrected chi connectivity index (χ3v) is 6.23. The number of nitrogens with zero attached hydrogens (tertiary/aromatic N) is 5. The van der Waals surface area contributed by atoms with Crippen LogP contribution in [0.15, 0.2) is 42.9 Å². The molecular weight excluding hydrogens is 416 g/mol. The Morgan fingerprint density at radius 2 is 1.91 bits per heavy atom. The fraction of sp³-hybridized carbons (Fsp3) is 0.400. The van der Waals surface area contributed by atoms with E-state index in [1.54, 1.807) is 7.11 Å². The number of hydrogen-bond acceptors (Lipinski definition) is 7. The molecule has 1 fully saturated rings. The molecule has 0 unspecified atom stereocenters. The Bertz CT molecular complexity index is 1280. The first-order valence-corrected chi connectivity index (χ1v) is 11.4. The molecule has 0 radical (unpaired) electrons. The maximum absolute atomic E-state index is 6.21. The van der Waals surface area contributed by atoms with E-state index in [0.717, 1.165) is 59.3 Å². The van der Waals surface area contributed by atoms with Crippen molar-refractivity contribution < 1.29 is 9.47 Å². The van der Waals surface area contributed by atoms with E-state index in [1.165, 1.54) is 0 Å². The zero-order chi connectivity index (χ0) is 22.9. The number of piperidine rings is 1. The van der Waals surface area contributed by atoms with Crippen molar-refractivity contribution in [3.05, 3.63) is 42.9 Å². The molecule has 0 bridgehead atoms. The van der Waals surface area contributed by atoms with Crippen molar-refractivity contribution >= 4 is 33.6 Å². The van der Waals surface area contributed by atoms with Crippen molar-refractivity contribution in [2.45, 2.75) is 38.8 Å². The highest BCUT2D eigenvalue weighted by molar-refractivity contribution is 6.02. The first-order chi connectivity index (χ1) is 16.0. The molecule has 0 atom stereocenters. The molecule has 2 aromatic heterocycles. The Labute approximate surface area is 193 Å². The van der Waals surface area contributed by atoms with Crippen molar-refractivity contribution in [2.24, 2.45) is 0 Å². The molecule has 33 heavy (non-hydrogen) atoms. The van der Waals surface area contributed by atoms with Crippen LogP contribution in [-0.2, 0) is 0 Å². The molecule has 3 heterocycles. The summed E-state index contributed by atoms with van der Waals surface area (Å²) in [7, 11) is 3.81. The van der Waals surface area contributed by atoms with Crippen molar-refractivity contribution in [1.82, 2.24) is 24.4 Å². The first kappa shape index (κ1) is 21.5. The lowest BCUT2D eigenvalue weighted by molar-refractivity contribution is 0.114. The molecule has 1 aliphatic rings. The fourth-order valence-corrected chi connectivity index (χ4v) is 4.33. The van der Waals surface area contributed by atoms with Gasteiger partial charge in [-0.3, -0.25) is 0 Å². The second kappa shape index (κ2) is 8.86. The average Bonchev–Trinajstić information content (AvgIpc) is 3.27. The van der Waals surface area contributed by atoms with Gasteiger partial charge in [-0.1, -0.05) is 0 Å². The summed E-state index contributed by atoms with van der Waals surface area (Å²) in [4.78, 5) is 16.2. The van der Waals surface area contributed by atoms with Gasteiger partial charge in [0.2, 0.25) is 5.95 Å². The van der Waals surface area contributed by atoms with E-state index in [2.05, 4.69) is 45.6 Å². The van der Waals surface area contributed by atoms with Gasteiger partial charge in [0.25, 0.3) is 0 Å². The minimum atomic E-state index is 0.238. The molecule has 0 spiro atoms. The van der Waals surface area contributed by atoms with Gasteiger partial charge in [0, 0.05) is 36.8 Å². The van der Waals surface area contributed by atoms with Gasteiger partial charge >= 0.3 is 0 Å². The normalized spacial score (nSPS) is 15.4. The Kier molecular flexibility index (Phi) is 5.76. The number of methoxy groups -OCH3 is 1. The Balaban J connectivity index is 1.43. The first-order valence-electron chi connectivity index (χ1n) is 11.4. The summed E-state index contributed by atoms with van der Waals surface area (Å²) in [5.74, 6) is 2.01. The number of aromatic nitrogens is 4. The lowest BCUT2D eigenvalue weighted by atomic mass is 10.1. The Morgan fingerprint density at radius 1 is 1.09 bits per heavy atom. The Hall–Kier alpha value is -3.39. The van der Waals surface area contributed by atoms with Gasteiger partial charge in [0.1, 0.15) is 23.1 Å². The minimum absolute atomic E-state index is 0.238. The van der Waals surface area contributed by atoms with Gasteiger partial charge in [0.05, 0.1) is 30.2 Å². The summed E-state index contributed by atoms with van der Waals surface area (Å²) in [5, 5.41) is 4.29. The molecular formula is C25H30N6O2. The lowest BCUT2D eigenvalue weighted by Crippen LogP contribution is -2.35. The van der Waals surface area contributed by atoms with Gasteiger partial charge < -0.3 is 24.3 Å². The van der Waals surface area contributed by atoms with Crippen molar-refractivity contribution in [3.8, 4) is 11.5 Å². The van der Waals surface area contributed by atoms with E-state index in [4.69, 9.17) is 14.5 Å². The van der Waals surface area contributed by atoms with Gasteiger partial charge in [-0.25, -0.2) is 15.0 Å². The van der Waals surface area contributed by atoms with Crippen molar-refractivity contribution in [3.63, 3.8) is 0 Å². The predicted molar refractivity (Wildman–Crippen MR) is 131 cm³/mol. The quantitative estimate of drug-likeness (QED) is 0.456. The molecule has 0 saturated carbocycles. The third-order valence-electron chi connectivity index (χ3n) is 6.23. The SMILES string of the molecule is COc1cc(OC2CCN(C)CC2)ccc1Nc1ncc2ccc3ncn(C(C)C)c3c2n1. The largest absolute Gasteiger partial charge is 0.494 e. The molecule has 2 aromatic carbocycles. The lowest BCUT2D eigenvalue weighted by Gasteiger charge is -2.29. The van der Waals surface area contributed by atoms with Crippen LogP contribution in [0.25, 0.3) is 21.9 Å². The minimum Gasteiger partial charge on any atom is -0.494 e. The number of ether oxygens (including phenoxy) is 2. The summed E-state index contributed by atoms with van der Waals surface area (Å²) >= 11 is 0. The van der Waals surface area contributed by atoms with Gasteiger partial charge in [-0.2, -0.15) is 0 Å². The number of hydrogen-bond donors (Lipinski definition) is 1. The molecule has 0 amide bonds. The smallest absolute Gasteiger partial charge is 0.227 e.